The van der Waals surface area contributed by atoms with Gasteiger partial charge in [-0.1, -0.05) is 180 Å². The lowest BCUT2D eigenvalue weighted by Crippen LogP contribution is -2.66. The third kappa shape index (κ3) is 31.8. The number of allylic oxidation sites excluding steroid dienone is 21. The first kappa shape index (κ1) is 78.2. The minimum atomic E-state index is -1.99. The number of ether oxygens (including phenoxy) is 6. The third-order valence-electron chi connectivity index (χ3n) is 15.2. The van der Waals surface area contributed by atoms with Gasteiger partial charge in [0, 0.05) is 6.42 Å². The van der Waals surface area contributed by atoms with Crippen LogP contribution < -0.4 is 5.32 Å². The van der Waals surface area contributed by atoms with Gasteiger partial charge in [0.25, 0.3) is 0 Å². The van der Waals surface area contributed by atoms with Crippen molar-refractivity contribution in [3.63, 3.8) is 0 Å². The monoisotopic (exact) mass is 1240 g/mol. The number of hydrogen-bond acceptors (Lipinski definition) is 18. The number of carbonyl (C=O) groups is 1. The number of aliphatic hydroxyl groups is 11. The molecule has 0 aromatic carbocycles. The standard InChI is InChI=1S/C69H111NO18/c1-3-5-7-9-11-13-15-17-19-21-22-23-24-25-26-27-28-29-30-31-33-35-37-39-41-43-45-47-57(75)70-52(53(74)46-44-42-40-38-36-34-32-20-18-16-14-12-10-8-6-4-2)51-83-67-63(81)60(78)65(55(49-72)85-67)88-69-64(82)61(79)66(56(50-73)86-69)87-68-62(80)59(77)58(76)54(48-71)84-68/h5,7,11,13,17-20,22-23,25-26,28-29,31,33,36-39,44,46,52-56,58-69,71-74,76-82H,3-4,6,8-10,12,14-16,21,24,27,30,32,34-35,40-43,45,47-51H2,1-2H3,(H,70,75)/b7-5-,13-11-,19-17-,20-18+,23-22-,26-25-,29-28-,33-31-,38-36+,39-37-,46-44+. The normalized spacial score (nSPS) is 29.3. The molecule has 19 heteroatoms. The summed E-state index contributed by atoms with van der Waals surface area (Å²) in [6.45, 7) is 1.51. The van der Waals surface area contributed by atoms with Crippen molar-refractivity contribution in [3.05, 3.63) is 134 Å². The van der Waals surface area contributed by atoms with Gasteiger partial charge in [0.1, 0.15) is 73.2 Å². The minimum absolute atomic E-state index is 0.167. The molecule has 0 saturated carbocycles. The number of rotatable bonds is 46. The number of aliphatic hydroxyl groups excluding tert-OH is 11. The van der Waals surface area contributed by atoms with Crippen LogP contribution in [0.4, 0.5) is 0 Å². The molecule has 12 N–H and O–H groups in total. The van der Waals surface area contributed by atoms with Crippen LogP contribution in [0.25, 0.3) is 0 Å². The van der Waals surface area contributed by atoms with E-state index >= 15 is 0 Å². The predicted molar refractivity (Wildman–Crippen MR) is 341 cm³/mol. The second-order valence-corrected chi connectivity index (χ2v) is 22.5. The second-order valence-electron chi connectivity index (χ2n) is 22.5. The molecule has 0 aliphatic carbocycles. The maximum absolute atomic E-state index is 13.4. The first-order valence-corrected chi connectivity index (χ1v) is 32.4. The summed E-state index contributed by atoms with van der Waals surface area (Å²) in [5, 5.41) is 120. The lowest BCUT2D eigenvalue weighted by Gasteiger charge is -2.48. The zero-order valence-electron chi connectivity index (χ0n) is 52.4. The molecule has 0 bridgehead atoms. The van der Waals surface area contributed by atoms with Crippen molar-refractivity contribution in [3.8, 4) is 0 Å². The molecule has 3 heterocycles. The zero-order valence-corrected chi connectivity index (χ0v) is 52.4. The Bertz CT molecular complexity index is 2120. The van der Waals surface area contributed by atoms with E-state index in [4.69, 9.17) is 28.4 Å². The molecular formula is C69H111NO18. The highest BCUT2D eigenvalue weighted by molar-refractivity contribution is 5.76. The maximum Gasteiger partial charge on any atom is 0.220 e. The second kappa shape index (κ2) is 49.6. The van der Waals surface area contributed by atoms with Gasteiger partial charge in [0.05, 0.1) is 38.6 Å². The summed E-state index contributed by atoms with van der Waals surface area (Å²) < 4.78 is 34.2. The molecule has 3 saturated heterocycles. The summed E-state index contributed by atoms with van der Waals surface area (Å²) in [6, 6.07) is -1.03. The number of amides is 1. The van der Waals surface area contributed by atoms with E-state index in [1.54, 1.807) is 6.08 Å². The SMILES string of the molecule is CC/C=C\C/C=C\C/C=C\C/C=C\C/C=C\C/C=C\C/C=C\C/C=C\CCCCC(=O)NC(COC1OC(CO)C(OC2OC(CO)C(OC3OC(CO)C(O)C(O)C3O)C(O)C2O)C(O)C1O)C(O)/C=C/CC/C=C/CC/C=C/CCCCCCCC. The zero-order chi connectivity index (χ0) is 64.0. The largest absolute Gasteiger partial charge is 0.394 e. The van der Waals surface area contributed by atoms with Gasteiger partial charge in [0.15, 0.2) is 18.9 Å². The maximum atomic E-state index is 13.4. The van der Waals surface area contributed by atoms with E-state index in [2.05, 4.69) is 141 Å². The molecule has 3 aliphatic rings. The van der Waals surface area contributed by atoms with Crippen LogP contribution in [0, 0.1) is 0 Å². The molecule has 500 valence electrons. The Kier molecular flexibility index (Phi) is 44.1. The van der Waals surface area contributed by atoms with E-state index < -0.39 is 131 Å². The number of carbonyl (C=O) groups excluding carboxylic acids is 1. The molecule has 0 aromatic rings. The summed E-state index contributed by atoms with van der Waals surface area (Å²) in [5.41, 5.74) is 0. The van der Waals surface area contributed by atoms with E-state index in [1.165, 1.54) is 38.5 Å². The summed E-state index contributed by atoms with van der Waals surface area (Å²) in [6.07, 6.45) is 41.4. The Morgan fingerprint density at radius 1 is 0.420 bits per heavy atom. The summed E-state index contributed by atoms with van der Waals surface area (Å²) in [5.74, 6) is -0.339. The summed E-state index contributed by atoms with van der Waals surface area (Å²) in [7, 11) is 0. The van der Waals surface area contributed by atoms with Crippen molar-refractivity contribution in [2.24, 2.45) is 0 Å². The highest BCUT2D eigenvalue weighted by Gasteiger charge is 2.53. The Balaban J connectivity index is 1.49. The molecule has 3 rings (SSSR count). The van der Waals surface area contributed by atoms with Crippen LogP contribution in [0.2, 0.25) is 0 Å². The van der Waals surface area contributed by atoms with Crippen LogP contribution in [0.3, 0.4) is 0 Å². The van der Waals surface area contributed by atoms with Gasteiger partial charge in [0.2, 0.25) is 5.91 Å². The quantitative estimate of drug-likeness (QED) is 0.0208. The topological polar surface area (TPSA) is 307 Å². The number of hydrogen-bond donors (Lipinski definition) is 12. The Morgan fingerprint density at radius 3 is 1.27 bits per heavy atom. The highest BCUT2D eigenvalue weighted by Crippen LogP contribution is 2.33. The molecule has 17 unspecified atom stereocenters. The van der Waals surface area contributed by atoms with E-state index in [9.17, 15) is 61.0 Å². The Hall–Kier alpha value is -4.07. The van der Waals surface area contributed by atoms with Crippen molar-refractivity contribution < 1.29 is 89.4 Å². The van der Waals surface area contributed by atoms with Crippen LogP contribution in [0.1, 0.15) is 162 Å². The molecule has 3 fully saturated rings. The molecule has 0 aromatic heterocycles. The third-order valence-corrected chi connectivity index (χ3v) is 15.2. The molecule has 19 nitrogen and oxygen atoms in total. The van der Waals surface area contributed by atoms with Crippen molar-refractivity contribution >= 4 is 5.91 Å². The molecule has 17 atom stereocenters. The predicted octanol–water partition coefficient (Wildman–Crippen LogP) is 7.43. The average Bonchev–Trinajstić information content (AvgIpc) is 3.39. The van der Waals surface area contributed by atoms with Gasteiger partial charge in [-0.05, 0) is 109 Å². The number of nitrogens with one attached hydrogen (secondary N) is 1. The van der Waals surface area contributed by atoms with Crippen molar-refractivity contribution in [2.45, 2.75) is 266 Å². The smallest absolute Gasteiger partial charge is 0.220 e. The van der Waals surface area contributed by atoms with Gasteiger partial charge in [-0.25, -0.2) is 0 Å². The first-order valence-electron chi connectivity index (χ1n) is 32.4. The van der Waals surface area contributed by atoms with E-state index in [-0.39, 0.29) is 12.3 Å². The Morgan fingerprint density at radius 2 is 0.795 bits per heavy atom. The van der Waals surface area contributed by atoms with Crippen molar-refractivity contribution in [2.75, 3.05) is 26.4 Å². The molecular weight excluding hydrogens is 1130 g/mol. The van der Waals surface area contributed by atoms with Crippen LogP contribution in [0.5, 0.6) is 0 Å². The van der Waals surface area contributed by atoms with Gasteiger partial charge in [-0.2, -0.15) is 0 Å². The van der Waals surface area contributed by atoms with Gasteiger partial charge in [-0.15, -0.1) is 0 Å². The lowest BCUT2D eigenvalue weighted by atomic mass is 9.96. The van der Waals surface area contributed by atoms with Crippen molar-refractivity contribution in [1.29, 1.82) is 0 Å². The molecule has 0 radical (unpaired) electrons. The van der Waals surface area contributed by atoms with E-state index in [1.807, 2.05) is 6.08 Å². The fourth-order valence-electron chi connectivity index (χ4n) is 9.88. The molecule has 0 spiro atoms. The summed E-state index contributed by atoms with van der Waals surface area (Å²) in [4.78, 5) is 13.4. The van der Waals surface area contributed by atoms with Gasteiger partial charge < -0.3 is 89.9 Å². The number of unbranched alkanes of at least 4 members (excludes halogenated alkanes) is 10. The lowest BCUT2D eigenvalue weighted by molar-refractivity contribution is -0.379. The molecule has 88 heavy (non-hydrogen) atoms. The minimum Gasteiger partial charge on any atom is -0.394 e. The molecule has 1 amide bonds. The fourth-order valence-corrected chi connectivity index (χ4v) is 9.88. The molecule has 3 aliphatic heterocycles. The summed E-state index contributed by atoms with van der Waals surface area (Å²) >= 11 is 0. The Labute approximate surface area is 524 Å². The highest BCUT2D eigenvalue weighted by atomic mass is 16.8. The van der Waals surface area contributed by atoms with Crippen LogP contribution >= 0.6 is 0 Å². The van der Waals surface area contributed by atoms with E-state index in [0.29, 0.717) is 12.8 Å². The van der Waals surface area contributed by atoms with Crippen LogP contribution in [-0.4, -0.2) is 193 Å². The van der Waals surface area contributed by atoms with Crippen LogP contribution in [-0.2, 0) is 33.2 Å². The average molecular weight is 1240 g/mol. The van der Waals surface area contributed by atoms with Crippen LogP contribution in [0.15, 0.2) is 134 Å². The first-order chi connectivity index (χ1) is 42.8. The van der Waals surface area contributed by atoms with Crippen molar-refractivity contribution in [1.82, 2.24) is 5.32 Å². The van der Waals surface area contributed by atoms with Gasteiger partial charge in [-0.3, -0.25) is 4.79 Å². The van der Waals surface area contributed by atoms with E-state index in [0.717, 1.165) is 89.9 Å². The van der Waals surface area contributed by atoms with Gasteiger partial charge >= 0.3 is 0 Å². The fraction of sp³-hybridized carbons (Fsp3) is 0.667.